The number of anilines is 1. The molecule has 0 aliphatic rings. The number of benzene rings is 1. The van der Waals surface area contributed by atoms with Gasteiger partial charge >= 0.3 is 0 Å². The van der Waals surface area contributed by atoms with Crippen LogP contribution in [0.5, 0.6) is 5.75 Å². The van der Waals surface area contributed by atoms with Gasteiger partial charge in [0.05, 0.1) is 7.11 Å². The predicted octanol–water partition coefficient (Wildman–Crippen LogP) is 2.47. The molecule has 2 rings (SSSR count). The fourth-order valence-corrected chi connectivity index (χ4v) is 2.22. The molecule has 1 N–H and O–H groups in total. The minimum Gasteiger partial charge on any atom is -0.497 e. The van der Waals surface area contributed by atoms with Gasteiger partial charge in [0.25, 0.3) is 0 Å². The first-order valence-electron chi connectivity index (χ1n) is 7.67. The second kappa shape index (κ2) is 8.67. The molecule has 2 amide bonds. The van der Waals surface area contributed by atoms with Crippen molar-refractivity contribution in [1.82, 2.24) is 9.88 Å². The van der Waals surface area contributed by atoms with Gasteiger partial charge in [-0.05, 0) is 29.8 Å². The molecule has 24 heavy (non-hydrogen) atoms. The fourth-order valence-electron chi connectivity index (χ4n) is 2.22. The third-order valence-corrected chi connectivity index (χ3v) is 3.53. The maximum absolute atomic E-state index is 12.1. The van der Waals surface area contributed by atoms with Crippen molar-refractivity contribution in [2.45, 2.75) is 19.9 Å². The first-order valence-corrected chi connectivity index (χ1v) is 7.67. The predicted molar refractivity (Wildman–Crippen MR) is 91.6 cm³/mol. The van der Waals surface area contributed by atoms with Crippen LogP contribution < -0.4 is 10.1 Å². The first kappa shape index (κ1) is 17.5. The molecule has 0 aliphatic carbocycles. The Morgan fingerprint density at radius 3 is 2.62 bits per heavy atom. The van der Waals surface area contributed by atoms with E-state index in [1.807, 2.05) is 18.2 Å². The summed E-state index contributed by atoms with van der Waals surface area (Å²) in [5.41, 5.74) is 1.65. The molecule has 0 aliphatic heterocycles. The Hall–Kier alpha value is -2.89. The van der Waals surface area contributed by atoms with Crippen LogP contribution in [0.2, 0.25) is 0 Å². The van der Waals surface area contributed by atoms with E-state index in [9.17, 15) is 9.59 Å². The standard InChI is InChI=1S/C18H21N3O3/c1-14(22)21(13-15-6-9-19-10-7-15)11-8-18(23)20-16-4-3-5-17(12-16)24-2/h3-7,9-10,12H,8,11,13H2,1-2H3,(H,20,23). The van der Waals surface area contributed by atoms with Gasteiger partial charge in [0.1, 0.15) is 5.75 Å². The highest BCUT2D eigenvalue weighted by molar-refractivity contribution is 5.91. The molecule has 1 aromatic heterocycles. The number of hydrogen-bond donors (Lipinski definition) is 1. The van der Waals surface area contributed by atoms with E-state index >= 15 is 0 Å². The highest BCUT2D eigenvalue weighted by atomic mass is 16.5. The molecule has 6 heteroatoms. The highest BCUT2D eigenvalue weighted by Gasteiger charge is 2.12. The summed E-state index contributed by atoms with van der Waals surface area (Å²) in [4.78, 5) is 29.5. The van der Waals surface area contributed by atoms with Crippen molar-refractivity contribution in [2.24, 2.45) is 0 Å². The van der Waals surface area contributed by atoms with Crippen LogP contribution in [0.3, 0.4) is 0 Å². The van der Waals surface area contributed by atoms with Crippen LogP contribution in [0.1, 0.15) is 18.9 Å². The fraction of sp³-hybridized carbons (Fsp3) is 0.278. The lowest BCUT2D eigenvalue weighted by atomic mass is 10.2. The van der Waals surface area contributed by atoms with Crippen LogP contribution >= 0.6 is 0 Å². The van der Waals surface area contributed by atoms with E-state index in [4.69, 9.17) is 4.74 Å². The molecule has 0 bridgehead atoms. The van der Waals surface area contributed by atoms with E-state index in [0.29, 0.717) is 24.5 Å². The average Bonchev–Trinajstić information content (AvgIpc) is 2.59. The van der Waals surface area contributed by atoms with Crippen LogP contribution in [-0.2, 0) is 16.1 Å². The molecule has 1 heterocycles. The molecule has 0 unspecified atom stereocenters. The zero-order valence-corrected chi connectivity index (χ0v) is 13.9. The molecule has 2 aromatic rings. The van der Waals surface area contributed by atoms with Crippen LogP contribution in [0.25, 0.3) is 0 Å². The van der Waals surface area contributed by atoms with Gasteiger partial charge < -0.3 is 15.0 Å². The average molecular weight is 327 g/mol. The number of amides is 2. The van der Waals surface area contributed by atoms with Crippen molar-refractivity contribution in [3.8, 4) is 5.75 Å². The largest absolute Gasteiger partial charge is 0.497 e. The first-order chi connectivity index (χ1) is 11.6. The van der Waals surface area contributed by atoms with Gasteiger partial charge in [-0.25, -0.2) is 0 Å². The van der Waals surface area contributed by atoms with Crippen molar-refractivity contribution in [3.63, 3.8) is 0 Å². The van der Waals surface area contributed by atoms with Gasteiger partial charge in [-0.1, -0.05) is 6.07 Å². The van der Waals surface area contributed by atoms with Crippen molar-refractivity contribution in [1.29, 1.82) is 0 Å². The van der Waals surface area contributed by atoms with E-state index in [0.717, 1.165) is 5.56 Å². The summed E-state index contributed by atoms with van der Waals surface area (Å²) in [7, 11) is 1.57. The molecule has 0 atom stereocenters. The van der Waals surface area contributed by atoms with Crippen molar-refractivity contribution in [3.05, 3.63) is 54.4 Å². The van der Waals surface area contributed by atoms with Gasteiger partial charge in [0, 0.05) is 50.6 Å². The number of carbonyl (C=O) groups is 2. The Kier molecular flexibility index (Phi) is 6.31. The molecule has 0 saturated heterocycles. The zero-order valence-electron chi connectivity index (χ0n) is 13.9. The van der Waals surface area contributed by atoms with Gasteiger partial charge in [-0.15, -0.1) is 0 Å². The summed E-state index contributed by atoms with van der Waals surface area (Å²) in [6.07, 6.45) is 3.59. The Morgan fingerprint density at radius 2 is 1.96 bits per heavy atom. The SMILES string of the molecule is COc1cccc(NC(=O)CCN(Cc2ccncc2)C(C)=O)c1. The van der Waals surface area contributed by atoms with Crippen LogP contribution in [0, 0.1) is 0 Å². The Labute approximate surface area is 141 Å². The summed E-state index contributed by atoms with van der Waals surface area (Å²) in [5.74, 6) is 0.459. The normalized spacial score (nSPS) is 10.1. The summed E-state index contributed by atoms with van der Waals surface area (Å²) < 4.78 is 5.12. The number of hydrogen-bond acceptors (Lipinski definition) is 4. The molecule has 0 spiro atoms. The molecular formula is C18H21N3O3. The monoisotopic (exact) mass is 327 g/mol. The van der Waals surface area contributed by atoms with Crippen LogP contribution in [0.15, 0.2) is 48.8 Å². The van der Waals surface area contributed by atoms with Crippen molar-refractivity contribution < 1.29 is 14.3 Å². The number of rotatable bonds is 7. The Balaban J connectivity index is 1.89. The molecule has 126 valence electrons. The lowest BCUT2D eigenvalue weighted by molar-refractivity contribution is -0.129. The van der Waals surface area contributed by atoms with Crippen LogP contribution in [-0.4, -0.2) is 35.4 Å². The summed E-state index contributed by atoms with van der Waals surface area (Å²) in [5, 5.41) is 2.81. The number of carbonyl (C=O) groups excluding carboxylic acids is 2. The van der Waals surface area contributed by atoms with E-state index in [1.54, 1.807) is 42.6 Å². The number of pyridine rings is 1. The third-order valence-electron chi connectivity index (χ3n) is 3.53. The summed E-state index contributed by atoms with van der Waals surface area (Å²) in [6, 6.07) is 10.9. The Morgan fingerprint density at radius 1 is 1.21 bits per heavy atom. The number of methoxy groups -OCH3 is 1. The minimum atomic E-state index is -0.149. The third kappa shape index (κ3) is 5.39. The molecule has 6 nitrogen and oxygen atoms in total. The Bertz CT molecular complexity index is 689. The maximum atomic E-state index is 12.1. The van der Waals surface area contributed by atoms with E-state index in [1.165, 1.54) is 6.92 Å². The number of nitrogens with zero attached hydrogens (tertiary/aromatic N) is 2. The van der Waals surface area contributed by atoms with Gasteiger partial charge in [0.2, 0.25) is 11.8 Å². The summed E-state index contributed by atoms with van der Waals surface area (Å²) >= 11 is 0. The second-order valence-electron chi connectivity index (χ2n) is 5.33. The highest BCUT2D eigenvalue weighted by Crippen LogP contribution is 2.16. The second-order valence-corrected chi connectivity index (χ2v) is 5.33. The molecular weight excluding hydrogens is 306 g/mol. The van der Waals surface area contributed by atoms with Crippen molar-refractivity contribution >= 4 is 17.5 Å². The molecule has 0 saturated carbocycles. The summed E-state index contributed by atoms with van der Waals surface area (Å²) in [6.45, 7) is 2.32. The van der Waals surface area contributed by atoms with Gasteiger partial charge in [-0.2, -0.15) is 0 Å². The molecule has 1 aromatic carbocycles. The lowest BCUT2D eigenvalue weighted by Crippen LogP contribution is -2.31. The topological polar surface area (TPSA) is 71.5 Å². The quantitative estimate of drug-likeness (QED) is 0.848. The van der Waals surface area contributed by atoms with E-state index in [-0.39, 0.29) is 18.2 Å². The lowest BCUT2D eigenvalue weighted by Gasteiger charge is -2.21. The smallest absolute Gasteiger partial charge is 0.226 e. The van der Waals surface area contributed by atoms with Gasteiger partial charge in [0.15, 0.2) is 0 Å². The van der Waals surface area contributed by atoms with Crippen LogP contribution in [0.4, 0.5) is 5.69 Å². The minimum absolute atomic E-state index is 0.0685. The molecule has 0 fully saturated rings. The van der Waals surface area contributed by atoms with Gasteiger partial charge in [-0.3, -0.25) is 14.6 Å². The van der Waals surface area contributed by atoms with E-state index in [2.05, 4.69) is 10.3 Å². The number of ether oxygens (including phenoxy) is 1. The van der Waals surface area contributed by atoms with E-state index < -0.39 is 0 Å². The molecule has 0 radical (unpaired) electrons. The number of aromatic nitrogens is 1. The maximum Gasteiger partial charge on any atom is 0.226 e. The number of nitrogens with one attached hydrogen (secondary N) is 1. The van der Waals surface area contributed by atoms with Crippen molar-refractivity contribution in [2.75, 3.05) is 19.0 Å². The zero-order chi connectivity index (χ0) is 17.4.